The van der Waals surface area contributed by atoms with Gasteiger partial charge in [0, 0.05) is 18.6 Å². The van der Waals surface area contributed by atoms with Gasteiger partial charge in [-0.25, -0.2) is 9.78 Å². The minimum absolute atomic E-state index is 0.0261. The van der Waals surface area contributed by atoms with Gasteiger partial charge in [0.1, 0.15) is 6.54 Å². The molecule has 2 aromatic rings. The van der Waals surface area contributed by atoms with Crippen LogP contribution in [0.25, 0.3) is 0 Å². The smallest absolute Gasteiger partial charge is 0.346 e. The molecule has 6 heteroatoms. The Morgan fingerprint density at radius 3 is 2.91 bits per heavy atom. The van der Waals surface area contributed by atoms with Crippen molar-refractivity contribution in [2.45, 2.75) is 32.4 Å². The number of rotatable bonds is 5. The Kier molecular flexibility index (Phi) is 4.00. The number of amides is 1. The molecule has 1 N–H and O–H groups in total. The molecule has 6 nitrogen and oxygen atoms in total. The van der Waals surface area contributed by atoms with E-state index >= 15 is 0 Å². The molecule has 1 unspecified atom stereocenters. The summed E-state index contributed by atoms with van der Waals surface area (Å²) in [6, 6.07) is 5.49. The number of carbonyl (C=O) groups excluding carboxylic acids is 1. The standard InChI is InChI=1S/C16H18N4O2/c1-11-5-7-17-13(9-11)15(12-3-4-12)19-14(21)10-20-8-2-6-18-16(20)22/h2,5-9,12,15H,3-4,10H2,1H3,(H,19,21). The van der Waals surface area contributed by atoms with Gasteiger partial charge in [-0.2, -0.15) is 0 Å². The van der Waals surface area contributed by atoms with Crippen molar-refractivity contribution >= 4 is 5.91 Å². The van der Waals surface area contributed by atoms with Gasteiger partial charge in [-0.15, -0.1) is 0 Å². The van der Waals surface area contributed by atoms with Gasteiger partial charge in [0.05, 0.1) is 11.7 Å². The van der Waals surface area contributed by atoms with E-state index in [1.165, 1.54) is 10.8 Å². The van der Waals surface area contributed by atoms with Crippen LogP contribution in [0, 0.1) is 12.8 Å². The van der Waals surface area contributed by atoms with Gasteiger partial charge in [0.25, 0.3) is 0 Å². The van der Waals surface area contributed by atoms with E-state index in [-0.39, 0.29) is 18.5 Å². The molecular formula is C16H18N4O2. The van der Waals surface area contributed by atoms with Gasteiger partial charge < -0.3 is 5.32 Å². The SMILES string of the molecule is Cc1ccnc(C(NC(=O)Cn2cccnc2=O)C2CC2)c1. The van der Waals surface area contributed by atoms with E-state index in [2.05, 4.69) is 15.3 Å². The lowest BCUT2D eigenvalue weighted by Crippen LogP contribution is -2.36. The van der Waals surface area contributed by atoms with E-state index in [1.54, 1.807) is 18.5 Å². The maximum atomic E-state index is 12.2. The van der Waals surface area contributed by atoms with Crippen LogP contribution in [0.2, 0.25) is 0 Å². The molecule has 2 aromatic heterocycles. The maximum absolute atomic E-state index is 12.2. The van der Waals surface area contributed by atoms with Gasteiger partial charge in [0.15, 0.2) is 0 Å². The third kappa shape index (κ3) is 3.39. The maximum Gasteiger partial charge on any atom is 0.347 e. The highest BCUT2D eigenvalue weighted by molar-refractivity contribution is 5.76. The van der Waals surface area contributed by atoms with E-state index < -0.39 is 5.69 Å². The minimum Gasteiger partial charge on any atom is -0.346 e. The highest BCUT2D eigenvalue weighted by atomic mass is 16.2. The van der Waals surface area contributed by atoms with E-state index in [0.29, 0.717) is 5.92 Å². The Balaban J connectivity index is 1.73. The number of hydrogen-bond donors (Lipinski definition) is 1. The van der Waals surface area contributed by atoms with Gasteiger partial charge >= 0.3 is 5.69 Å². The van der Waals surface area contributed by atoms with Crippen molar-refractivity contribution < 1.29 is 4.79 Å². The van der Waals surface area contributed by atoms with Crippen LogP contribution in [0.15, 0.2) is 41.6 Å². The Morgan fingerprint density at radius 1 is 1.41 bits per heavy atom. The Morgan fingerprint density at radius 2 is 2.23 bits per heavy atom. The van der Waals surface area contributed by atoms with Crippen molar-refractivity contribution in [3.8, 4) is 0 Å². The van der Waals surface area contributed by atoms with Crippen LogP contribution in [0.3, 0.4) is 0 Å². The lowest BCUT2D eigenvalue weighted by atomic mass is 10.1. The minimum atomic E-state index is -0.422. The first-order chi connectivity index (χ1) is 10.6. The fourth-order valence-corrected chi connectivity index (χ4v) is 2.47. The summed E-state index contributed by atoms with van der Waals surface area (Å²) in [5.41, 5.74) is 1.58. The molecule has 1 aliphatic rings. The molecule has 0 aromatic carbocycles. The number of aryl methyl sites for hydroxylation is 1. The molecule has 114 valence electrons. The summed E-state index contributed by atoms with van der Waals surface area (Å²) in [6.45, 7) is 1.98. The summed E-state index contributed by atoms with van der Waals surface area (Å²) in [7, 11) is 0. The predicted octanol–water partition coefficient (Wildman–Crippen LogP) is 1.21. The molecule has 1 saturated carbocycles. The second kappa shape index (κ2) is 6.09. The van der Waals surface area contributed by atoms with E-state index in [4.69, 9.17) is 0 Å². The van der Waals surface area contributed by atoms with Crippen molar-refractivity contribution in [2.75, 3.05) is 0 Å². The topological polar surface area (TPSA) is 76.9 Å². The normalized spacial score (nSPS) is 15.3. The van der Waals surface area contributed by atoms with Gasteiger partial charge in [0.2, 0.25) is 5.91 Å². The monoisotopic (exact) mass is 298 g/mol. The molecule has 0 aliphatic heterocycles. The molecule has 1 amide bonds. The molecule has 0 radical (unpaired) electrons. The van der Waals surface area contributed by atoms with Crippen molar-refractivity contribution in [1.82, 2.24) is 19.9 Å². The number of nitrogens with zero attached hydrogens (tertiary/aromatic N) is 3. The second-order valence-electron chi connectivity index (χ2n) is 5.67. The first kappa shape index (κ1) is 14.4. The summed E-state index contributed by atoms with van der Waals surface area (Å²) in [5.74, 6) is 0.235. The summed E-state index contributed by atoms with van der Waals surface area (Å²) in [4.78, 5) is 31.8. The average molecular weight is 298 g/mol. The molecular weight excluding hydrogens is 280 g/mol. The fourth-order valence-electron chi connectivity index (χ4n) is 2.47. The molecule has 1 aliphatic carbocycles. The van der Waals surface area contributed by atoms with Crippen LogP contribution in [0.5, 0.6) is 0 Å². The first-order valence-corrected chi connectivity index (χ1v) is 7.37. The van der Waals surface area contributed by atoms with Crippen molar-refractivity contribution in [3.63, 3.8) is 0 Å². The molecule has 2 heterocycles. The Bertz CT molecular complexity index is 737. The number of aromatic nitrogens is 3. The molecule has 0 saturated heterocycles. The highest BCUT2D eigenvalue weighted by Crippen LogP contribution is 2.40. The van der Waals surface area contributed by atoms with Crippen LogP contribution in [-0.2, 0) is 11.3 Å². The lowest BCUT2D eigenvalue weighted by molar-refractivity contribution is -0.122. The highest BCUT2D eigenvalue weighted by Gasteiger charge is 2.34. The second-order valence-corrected chi connectivity index (χ2v) is 5.67. The van der Waals surface area contributed by atoms with Gasteiger partial charge in [-0.3, -0.25) is 14.3 Å². The van der Waals surface area contributed by atoms with Crippen LogP contribution < -0.4 is 11.0 Å². The Hall–Kier alpha value is -2.50. The summed E-state index contributed by atoms with van der Waals surface area (Å²) in [6.07, 6.45) is 6.92. The van der Waals surface area contributed by atoms with E-state index in [0.717, 1.165) is 24.1 Å². The summed E-state index contributed by atoms with van der Waals surface area (Å²) >= 11 is 0. The van der Waals surface area contributed by atoms with Crippen molar-refractivity contribution in [3.05, 3.63) is 58.5 Å². The van der Waals surface area contributed by atoms with Crippen LogP contribution in [0.1, 0.15) is 30.1 Å². The van der Waals surface area contributed by atoms with E-state index in [1.807, 2.05) is 19.1 Å². The van der Waals surface area contributed by atoms with Crippen molar-refractivity contribution in [1.29, 1.82) is 0 Å². The molecule has 22 heavy (non-hydrogen) atoms. The lowest BCUT2D eigenvalue weighted by Gasteiger charge is -2.18. The van der Waals surface area contributed by atoms with Crippen molar-refractivity contribution in [2.24, 2.45) is 5.92 Å². The predicted molar refractivity (Wildman–Crippen MR) is 81.1 cm³/mol. The van der Waals surface area contributed by atoms with Crippen LogP contribution in [-0.4, -0.2) is 20.4 Å². The molecule has 1 fully saturated rings. The van der Waals surface area contributed by atoms with Gasteiger partial charge in [-0.1, -0.05) is 0 Å². The zero-order valence-corrected chi connectivity index (χ0v) is 12.4. The molecule has 1 atom stereocenters. The average Bonchev–Trinajstić information content (AvgIpc) is 3.32. The van der Waals surface area contributed by atoms with Crippen LogP contribution >= 0.6 is 0 Å². The molecule has 0 spiro atoms. The number of carbonyl (C=O) groups is 1. The quantitative estimate of drug-likeness (QED) is 0.900. The summed E-state index contributed by atoms with van der Waals surface area (Å²) in [5, 5.41) is 3.01. The summed E-state index contributed by atoms with van der Waals surface area (Å²) < 4.78 is 1.29. The zero-order valence-electron chi connectivity index (χ0n) is 12.4. The number of nitrogens with one attached hydrogen (secondary N) is 1. The Labute approximate surface area is 128 Å². The van der Waals surface area contributed by atoms with Crippen LogP contribution in [0.4, 0.5) is 0 Å². The third-order valence-electron chi connectivity index (χ3n) is 3.76. The number of pyridine rings is 1. The van der Waals surface area contributed by atoms with E-state index in [9.17, 15) is 9.59 Å². The molecule has 0 bridgehead atoms. The molecule has 3 rings (SSSR count). The fraction of sp³-hybridized carbons (Fsp3) is 0.375. The number of hydrogen-bond acceptors (Lipinski definition) is 4. The first-order valence-electron chi connectivity index (χ1n) is 7.37. The zero-order chi connectivity index (χ0) is 15.5. The van der Waals surface area contributed by atoms with Gasteiger partial charge in [-0.05, 0) is 49.4 Å². The largest absolute Gasteiger partial charge is 0.347 e. The third-order valence-corrected chi connectivity index (χ3v) is 3.76.